The zero-order chi connectivity index (χ0) is 11.4. The molecule has 1 saturated carbocycles. The van der Waals surface area contributed by atoms with Crippen LogP contribution in [0.2, 0.25) is 0 Å². The fourth-order valence-electron chi connectivity index (χ4n) is 2.05. The predicted molar refractivity (Wildman–Crippen MR) is 64.4 cm³/mol. The lowest BCUT2D eigenvalue weighted by molar-refractivity contribution is -0.119. The molecule has 1 amide bonds. The quantitative estimate of drug-likeness (QED) is 0.819. The summed E-state index contributed by atoms with van der Waals surface area (Å²) in [5.41, 5.74) is 0.774. The molecule has 2 N–H and O–H groups in total. The van der Waals surface area contributed by atoms with Gasteiger partial charge in [0.05, 0.1) is 11.9 Å². The molecule has 1 aromatic rings. The highest BCUT2D eigenvalue weighted by Crippen LogP contribution is 2.25. The number of carbonyl (C=O) groups is 1. The van der Waals surface area contributed by atoms with Crippen LogP contribution in [0.15, 0.2) is 18.3 Å². The van der Waals surface area contributed by atoms with E-state index >= 15 is 0 Å². The molecule has 16 heavy (non-hydrogen) atoms. The molecule has 1 fully saturated rings. The average molecular weight is 219 g/mol. The van der Waals surface area contributed by atoms with Crippen LogP contribution in [-0.2, 0) is 4.79 Å². The Morgan fingerprint density at radius 3 is 2.69 bits per heavy atom. The van der Waals surface area contributed by atoms with Gasteiger partial charge in [0, 0.05) is 13.0 Å². The van der Waals surface area contributed by atoms with Crippen molar-refractivity contribution in [2.45, 2.75) is 25.7 Å². The van der Waals surface area contributed by atoms with E-state index in [-0.39, 0.29) is 11.8 Å². The molecule has 4 nitrogen and oxygen atoms in total. The van der Waals surface area contributed by atoms with Crippen LogP contribution in [0.1, 0.15) is 25.7 Å². The fourth-order valence-corrected chi connectivity index (χ4v) is 2.05. The second kappa shape index (κ2) is 4.96. The van der Waals surface area contributed by atoms with Crippen molar-refractivity contribution in [1.82, 2.24) is 4.98 Å². The molecule has 1 aliphatic carbocycles. The van der Waals surface area contributed by atoms with Crippen molar-refractivity contribution in [3.63, 3.8) is 0 Å². The first-order valence-corrected chi connectivity index (χ1v) is 5.74. The molecule has 1 heterocycles. The fraction of sp³-hybridized carbons (Fsp3) is 0.500. The summed E-state index contributed by atoms with van der Waals surface area (Å²) in [6, 6.07) is 3.72. The molecule has 2 rings (SSSR count). The normalized spacial score (nSPS) is 16.1. The first kappa shape index (κ1) is 10.9. The van der Waals surface area contributed by atoms with Crippen LogP contribution in [0.25, 0.3) is 0 Å². The minimum Gasteiger partial charge on any atom is -0.373 e. The van der Waals surface area contributed by atoms with Gasteiger partial charge in [0.25, 0.3) is 0 Å². The lowest BCUT2D eigenvalue weighted by atomic mass is 10.1. The maximum absolute atomic E-state index is 11.8. The number of nitrogens with zero attached hydrogens (tertiary/aromatic N) is 1. The van der Waals surface area contributed by atoms with Crippen LogP contribution in [0, 0.1) is 5.92 Å². The Bertz CT molecular complexity index is 355. The molecule has 0 unspecified atom stereocenters. The Balaban J connectivity index is 1.94. The molecule has 1 aliphatic rings. The van der Waals surface area contributed by atoms with Gasteiger partial charge in [-0.05, 0) is 25.0 Å². The summed E-state index contributed by atoms with van der Waals surface area (Å²) < 4.78 is 0. The third kappa shape index (κ3) is 2.51. The van der Waals surface area contributed by atoms with Crippen LogP contribution in [0.3, 0.4) is 0 Å². The Kier molecular flexibility index (Phi) is 3.39. The van der Waals surface area contributed by atoms with E-state index in [0.29, 0.717) is 0 Å². The first-order chi connectivity index (χ1) is 7.79. The summed E-state index contributed by atoms with van der Waals surface area (Å²) >= 11 is 0. The molecule has 0 atom stereocenters. The second-order valence-electron chi connectivity index (χ2n) is 4.15. The number of carbonyl (C=O) groups excluding carboxylic acids is 1. The summed E-state index contributed by atoms with van der Waals surface area (Å²) in [6.45, 7) is 0. The van der Waals surface area contributed by atoms with E-state index in [1.807, 2.05) is 19.2 Å². The monoisotopic (exact) mass is 219 g/mol. The van der Waals surface area contributed by atoms with Crippen molar-refractivity contribution >= 4 is 17.4 Å². The number of aromatic nitrogens is 1. The van der Waals surface area contributed by atoms with Gasteiger partial charge in [0.15, 0.2) is 0 Å². The highest BCUT2D eigenvalue weighted by molar-refractivity contribution is 5.92. The third-order valence-corrected chi connectivity index (χ3v) is 3.01. The van der Waals surface area contributed by atoms with E-state index in [9.17, 15) is 4.79 Å². The van der Waals surface area contributed by atoms with E-state index in [1.54, 1.807) is 6.20 Å². The maximum atomic E-state index is 11.8. The summed E-state index contributed by atoms with van der Waals surface area (Å²) in [6.07, 6.45) is 6.07. The van der Waals surface area contributed by atoms with Crippen molar-refractivity contribution in [3.05, 3.63) is 18.3 Å². The van der Waals surface area contributed by atoms with Crippen molar-refractivity contribution in [2.75, 3.05) is 17.7 Å². The predicted octanol–water partition coefficient (Wildman–Crippen LogP) is 2.25. The standard InChI is InChI=1S/C12H17N3O/c1-13-11-7-6-10(8-14-11)15-12(16)9-4-2-3-5-9/h6-9H,2-5H2,1H3,(H,13,14)(H,15,16). The van der Waals surface area contributed by atoms with Gasteiger partial charge >= 0.3 is 0 Å². The van der Waals surface area contributed by atoms with Crippen molar-refractivity contribution < 1.29 is 4.79 Å². The molecule has 1 aromatic heterocycles. The molecule has 0 aliphatic heterocycles. The summed E-state index contributed by atoms with van der Waals surface area (Å²) in [4.78, 5) is 16.0. The van der Waals surface area contributed by atoms with Crippen LogP contribution in [0.4, 0.5) is 11.5 Å². The van der Waals surface area contributed by atoms with Crippen LogP contribution >= 0.6 is 0 Å². The Labute approximate surface area is 95.5 Å². The largest absolute Gasteiger partial charge is 0.373 e. The van der Waals surface area contributed by atoms with E-state index in [0.717, 1.165) is 24.3 Å². The summed E-state index contributed by atoms with van der Waals surface area (Å²) in [7, 11) is 1.82. The van der Waals surface area contributed by atoms with Gasteiger partial charge in [-0.1, -0.05) is 12.8 Å². The summed E-state index contributed by atoms with van der Waals surface area (Å²) in [5.74, 6) is 1.14. The molecule has 4 heteroatoms. The van der Waals surface area contributed by atoms with E-state index in [2.05, 4.69) is 15.6 Å². The number of pyridine rings is 1. The minimum atomic E-state index is 0.136. The molecule has 0 aromatic carbocycles. The van der Waals surface area contributed by atoms with Crippen molar-refractivity contribution in [3.8, 4) is 0 Å². The smallest absolute Gasteiger partial charge is 0.227 e. The Hall–Kier alpha value is -1.58. The van der Waals surface area contributed by atoms with Gasteiger partial charge in [0.1, 0.15) is 5.82 Å². The van der Waals surface area contributed by atoms with Crippen LogP contribution in [0.5, 0.6) is 0 Å². The third-order valence-electron chi connectivity index (χ3n) is 3.01. The molecule has 0 spiro atoms. The molecule has 86 valence electrons. The Morgan fingerprint density at radius 2 is 2.12 bits per heavy atom. The topological polar surface area (TPSA) is 54.0 Å². The van der Waals surface area contributed by atoms with Crippen LogP contribution in [-0.4, -0.2) is 17.9 Å². The number of rotatable bonds is 3. The maximum Gasteiger partial charge on any atom is 0.227 e. The van der Waals surface area contributed by atoms with E-state index in [4.69, 9.17) is 0 Å². The van der Waals surface area contributed by atoms with Gasteiger partial charge < -0.3 is 10.6 Å². The van der Waals surface area contributed by atoms with E-state index in [1.165, 1.54) is 12.8 Å². The van der Waals surface area contributed by atoms with Crippen LogP contribution < -0.4 is 10.6 Å². The molecule has 0 radical (unpaired) electrons. The van der Waals surface area contributed by atoms with Gasteiger partial charge in [-0.25, -0.2) is 4.98 Å². The van der Waals surface area contributed by atoms with Gasteiger partial charge in [-0.3, -0.25) is 4.79 Å². The van der Waals surface area contributed by atoms with Gasteiger partial charge in [0.2, 0.25) is 5.91 Å². The number of anilines is 2. The van der Waals surface area contributed by atoms with Crippen molar-refractivity contribution in [2.24, 2.45) is 5.92 Å². The lowest BCUT2D eigenvalue weighted by Gasteiger charge is -2.10. The number of amides is 1. The first-order valence-electron chi connectivity index (χ1n) is 5.74. The lowest BCUT2D eigenvalue weighted by Crippen LogP contribution is -2.20. The average Bonchev–Trinajstić information content (AvgIpc) is 2.83. The Morgan fingerprint density at radius 1 is 1.38 bits per heavy atom. The SMILES string of the molecule is CNc1ccc(NC(=O)C2CCCC2)cn1. The van der Waals surface area contributed by atoms with Gasteiger partial charge in [-0.2, -0.15) is 0 Å². The zero-order valence-corrected chi connectivity index (χ0v) is 9.49. The second-order valence-corrected chi connectivity index (χ2v) is 4.15. The van der Waals surface area contributed by atoms with Crippen molar-refractivity contribution in [1.29, 1.82) is 0 Å². The molecule has 0 bridgehead atoms. The molecular weight excluding hydrogens is 202 g/mol. The minimum absolute atomic E-state index is 0.136. The number of hydrogen-bond acceptors (Lipinski definition) is 3. The zero-order valence-electron chi connectivity index (χ0n) is 9.49. The summed E-state index contributed by atoms with van der Waals surface area (Å²) in [5, 5.41) is 5.84. The number of nitrogens with one attached hydrogen (secondary N) is 2. The molecule has 0 saturated heterocycles. The highest BCUT2D eigenvalue weighted by Gasteiger charge is 2.22. The number of hydrogen-bond donors (Lipinski definition) is 2. The highest BCUT2D eigenvalue weighted by atomic mass is 16.1. The molecular formula is C12H17N3O. The van der Waals surface area contributed by atoms with E-state index < -0.39 is 0 Å². The van der Waals surface area contributed by atoms with Gasteiger partial charge in [-0.15, -0.1) is 0 Å².